The van der Waals surface area contributed by atoms with E-state index in [0.717, 1.165) is 0 Å². The average Bonchev–Trinajstić information content (AvgIpc) is 1.21. The molecule has 0 heterocycles. The van der Waals surface area contributed by atoms with Crippen molar-refractivity contribution >= 4 is 0 Å². The molecule has 0 rings (SSSR count). The summed E-state index contributed by atoms with van der Waals surface area (Å²) in [4.78, 5) is 0. The normalized spacial score (nSPS) is 23.2. The lowest BCUT2D eigenvalue weighted by Gasteiger charge is -1.60. The van der Waals surface area contributed by atoms with Gasteiger partial charge in [-0.25, -0.2) is 0 Å². The summed E-state index contributed by atoms with van der Waals surface area (Å²) in [7, 11) is 0. The molecule has 1 heteroatoms. The summed E-state index contributed by atoms with van der Waals surface area (Å²) in [6, 6.07) is 0. The Labute approximate surface area is 31.2 Å². The highest BCUT2D eigenvalue weighted by molar-refractivity contribution is 4.60. The summed E-state index contributed by atoms with van der Waals surface area (Å²) in [5.74, 6) is 0. The van der Waals surface area contributed by atoms with Gasteiger partial charge >= 0.3 is 0 Å². The maximum Gasteiger partial charge on any atom is 0.0609 e. The van der Waals surface area contributed by atoms with Crippen LogP contribution in [0.2, 0.25) is 0 Å². The Morgan fingerprint density at radius 2 is 3.50 bits per heavy atom. The van der Waals surface area contributed by atoms with Crippen LogP contribution in [0.4, 0.5) is 0 Å². The highest BCUT2D eigenvalue weighted by Crippen LogP contribution is 1.46. The van der Waals surface area contributed by atoms with Gasteiger partial charge in [-0.15, -0.1) is 6.53 Å². The van der Waals surface area contributed by atoms with Crippen LogP contribution in [-0.4, -0.2) is 11.7 Å². The van der Waals surface area contributed by atoms with Gasteiger partial charge in [-0.1, -0.05) is 6.08 Å². The zero-order chi connectivity index (χ0) is 6.78. The van der Waals surface area contributed by atoms with Gasteiger partial charge in [-0.3, -0.25) is 0 Å². The minimum Gasteiger partial charge on any atom is -0.392 e. The quantitative estimate of drug-likeness (QED) is 0.429. The molecule has 0 aromatic rings. The zero-order valence-electron chi connectivity index (χ0n) is 6.02. The monoisotopic (exact) mass is 62.1 g/mol. The Bertz CT molecular complexity index is 98.3. The van der Waals surface area contributed by atoms with Gasteiger partial charge in [0.05, 0.1) is 12.0 Å². The van der Waals surface area contributed by atoms with Gasteiger partial charge in [0.1, 0.15) is 0 Å². The lowest BCUT2D eigenvalue weighted by molar-refractivity contribution is 0.343. The molecular weight excluding hydrogens is 52.0 g/mol. The second-order valence-electron chi connectivity index (χ2n) is 0.273. The van der Waals surface area contributed by atoms with Crippen molar-refractivity contribution in [2.45, 2.75) is 0 Å². The molecule has 0 amide bonds. The van der Waals surface area contributed by atoms with E-state index >= 15 is 0 Å². The summed E-state index contributed by atoms with van der Waals surface area (Å²) < 4.78 is 25.5. The Kier molecular flexibility index (Phi) is 0.406. The predicted molar refractivity (Wildman–Crippen MR) is 17.3 cm³/mol. The SMILES string of the molecule is [2H]C([2H])=CC([2H])([2H])O. The fraction of sp³-hybridized carbons (Fsp3) is 0.333. The summed E-state index contributed by atoms with van der Waals surface area (Å²) in [6.07, 6.45) is 0.493. The molecule has 0 saturated heterocycles. The third kappa shape index (κ3) is 1.70. The second-order valence-corrected chi connectivity index (χ2v) is 0.273. The topological polar surface area (TPSA) is 20.2 Å². The number of rotatable bonds is 1. The van der Waals surface area contributed by atoms with Crippen molar-refractivity contribution in [3.05, 3.63) is 12.6 Å². The van der Waals surface area contributed by atoms with E-state index in [4.69, 9.17) is 10.6 Å². The number of aliphatic hydroxyl groups is 1. The van der Waals surface area contributed by atoms with Crippen LogP contribution in [0.5, 0.6) is 0 Å². The Morgan fingerprint density at radius 3 is 3.50 bits per heavy atom. The van der Waals surface area contributed by atoms with Crippen molar-refractivity contribution in [3.8, 4) is 0 Å². The maximum absolute atomic E-state index is 8.20. The van der Waals surface area contributed by atoms with E-state index in [2.05, 4.69) is 0 Å². The highest BCUT2D eigenvalue weighted by atomic mass is 16.2. The van der Waals surface area contributed by atoms with Crippen LogP contribution >= 0.6 is 0 Å². The van der Waals surface area contributed by atoms with E-state index in [1.807, 2.05) is 0 Å². The molecule has 0 aromatic heterocycles. The van der Waals surface area contributed by atoms with Crippen LogP contribution in [0.25, 0.3) is 0 Å². The molecule has 0 spiro atoms. The summed E-state index contributed by atoms with van der Waals surface area (Å²) >= 11 is 0. The number of hydrogen-bond acceptors (Lipinski definition) is 1. The first-order valence-corrected chi connectivity index (χ1v) is 0.801. The molecule has 0 aliphatic heterocycles. The van der Waals surface area contributed by atoms with E-state index < -0.39 is 13.1 Å². The van der Waals surface area contributed by atoms with Crippen LogP contribution in [0.15, 0.2) is 12.6 Å². The molecule has 0 bridgehead atoms. The molecule has 0 aliphatic carbocycles. The van der Waals surface area contributed by atoms with E-state index in [1.165, 1.54) is 0 Å². The molecule has 0 atom stereocenters. The third-order valence-corrected chi connectivity index (χ3v) is 0.0645. The molecule has 0 aromatic carbocycles. The molecule has 1 nitrogen and oxygen atoms in total. The van der Waals surface area contributed by atoms with Gasteiger partial charge < -0.3 is 5.11 Å². The minimum absolute atomic E-state index is 0.493. The van der Waals surface area contributed by atoms with Gasteiger partial charge in [-0.05, 0) is 0 Å². The van der Waals surface area contributed by atoms with Crippen LogP contribution in [0, 0.1) is 0 Å². The Hall–Kier alpha value is -0.300. The largest absolute Gasteiger partial charge is 0.392 e. The van der Waals surface area contributed by atoms with Crippen LogP contribution in [-0.2, 0) is 0 Å². The fourth-order valence-corrected chi connectivity index (χ4v) is 0. The fourth-order valence-electron chi connectivity index (χ4n) is 0. The van der Waals surface area contributed by atoms with Gasteiger partial charge in [0.2, 0.25) is 0 Å². The average molecular weight is 62.1 g/mol. The zero-order valence-corrected chi connectivity index (χ0v) is 2.02. The van der Waals surface area contributed by atoms with Crippen molar-refractivity contribution < 1.29 is 10.6 Å². The van der Waals surface area contributed by atoms with E-state index in [9.17, 15) is 0 Å². The molecule has 0 radical (unpaired) electrons. The van der Waals surface area contributed by atoms with Crippen LogP contribution < -0.4 is 0 Å². The van der Waals surface area contributed by atoms with Crippen LogP contribution in [0.3, 0.4) is 0 Å². The predicted octanol–water partition coefficient (Wildman–Crippen LogP) is 0.165. The van der Waals surface area contributed by atoms with Crippen molar-refractivity contribution in [2.24, 2.45) is 0 Å². The molecule has 4 heavy (non-hydrogen) atoms. The lowest BCUT2D eigenvalue weighted by atomic mass is 10.7. The molecule has 0 unspecified atom stereocenters. The molecular formula is C3H6O. The summed E-state index contributed by atoms with van der Waals surface area (Å²) in [5, 5.41) is 8.20. The number of hydrogen-bond donors (Lipinski definition) is 1. The minimum atomic E-state index is -2.52. The van der Waals surface area contributed by atoms with Gasteiger partial charge in [0.15, 0.2) is 0 Å². The third-order valence-electron chi connectivity index (χ3n) is 0.0645. The molecule has 0 aliphatic rings. The smallest absolute Gasteiger partial charge is 0.0609 e. The van der Waals surface area contributed by atoms with E-state index in [-0.39, 0.29) is 0 Å². The van der Waals surface area contributed by atoms with Crippen molar-refractivity contribution in [2.75, 3.05) is 6.56 Å². The molecule has 0 saturated carbocycles. The summed E-state index contributed by atoms with van der Waals surface area (Å²) in [5.41, 5.74) is 0. The van der Waals surface area contributed by atoms with Gasteiger partial charge in [-0.2, -0.15) is 0 Å². The van der Waals surface area contributed by atoms with Gasteiger partial charge in [0.25, 0.3) is 0 Å². The molecule has 1 N–H and O–H groups in total. The summed E-state index contributed by atoms with van der Waals surface area (Å²) in [6.45, 7) is -3.24. The first-order chi connectivity index (χ1) is 3.42. The van der Waals surface area contributed by atoms with Crippen molar-refractivity contribution in [1.29, 1.82) is 0 Å². The van der Waals surface area contributed by atoms with Crippen molar-refractivity contribution in [3.63, 3.8) is 0 Å². The van der Waals surface area contributed by atoms with E-state index in [0.29, 0.717) is 6.08 Å². The maximum atomic E-state index is 8.20. The Morgan fingerprint density at radius 1 is 2.75 bits per heavy atom. The van der Waals surface area contributed by atoms with Crippen LogP contribution in [0.1, 0.15) is 5.48 Å². The Balaban J connectivity index is 3.89. The first kappa shape index (κ1) is 0.601. The second kappa shape index (κ2) is 2.70. The lowest BCUT2D eigenvalue weighted by Crippen LogP contribution is -1.62. The van der Waals surface area contributed by atoms with Crippen molar-refractivity contribution in [1.82, 2.24) is 0 Å². The highest BCUT2D eigenvalue weighted by Gasteiger charge is 1.45. The van der Waals surface area contributed by atoms with Gasteiger partial charge in [0, 0.05) is 0 Å². The molecule has 24 valence electrons. The first-order valence-electron chi connectivity index (χ1n) is 2.80. The standard InChI is InChI=1S/C3H6O/c1-2-3-4/h2,4H,1,3H2/i1D2,3D2. The molecule has 0 fully saturated rings. The van der Waals surface area contributed by atoms with E-state index in [1.54, 1.807) is 0 Å².